The molecule has 8 nitrogen and oxygen atoms in total. The van der Waals surface area contributed by atoms with Crippen LogP contribution in [0.5, 0.6) is 0 Å². The summed E-state index contributed by atoms with van der Waals surface area (Å²) in [5.41, 5.74) is 1.15. The first kappa shape index (κ1) is 16.7. The van der Waals surface area contributed by atoms with Crippen LogP contribution < -0.4 is 5.32 Å². The van der Waals surface area contributed by atoms with E-state index in [1.807, 2.05) is 0 Å². The number of amides is 2. The van der Waals surface area contributed by atoms with Crippen LogP contribution in [0.2, 0.25) is 0 Å². The quantitative estimate of drug-likeness (QED) is 0.883. The number of alkyl carbamates (subject to hydrolysis) is 1. The molecule has 0 atom stereocenters. The molecule has 0 aliphatic carbocycles. The minimum atomic E-state index is -0.536. The van der Waals surface area contributed by atoms with E-state index in [-0.39, 0.29) is 12.5 Å². The Balaban J connectivity index is 1.60. The molecule has 8 heteroatoms. The number of methoxy groups -OCH3 is 1. The summed E-state index contributed by atoms with van der Waals surface area (Å²) in [4.78, 5) is 29.7. The molecule has 0 radical (unpaired) electrons. The number of pyridine rings is 1. The highest BCUT2D eigenvalue weighted by atomic mass is 16.7. The van der Waals surface area contributed by atoms with Gasteiger partial charge in [0, 0.05) is 37.7 Å². The van der Waals surface area contributed by atoms with Gasteiger partial charge in [0.25, 0.3) is 5.91 Å². The van der Waals surface area contributed by atoms with Gasteiger partial charge in [-0.2, -0.15) is 0 Å². The lowest BCUT2D eigenvalue weighted by Crippen LogP contribution is -2.47. The molecule has 3 rings (SSSR count). The minimum Gasteiger partial charge on any atom is -0.453 e. The molecule has 3 heterocycles. The van der Waals surface area contributed by atoms with Crippen LogP contribution in [0.4, 0.5) is 4.79 Å². The second kappa shape index (κ2) is 7.14. The van der Waals surface area contributed by atoms with Crippen molar-refractivity contribution >= 4 is 12.0 Å². The molecule has 0 unspecified atom stereocenters. The zero-order valence-electron chi connectivity index (χ0n) is 13.6. The average molecular weight is 335 g/mol. The SMILES string of the molecule is COC(=O)NCc1cc(C(=O)N2CCC3(CC2)OCCO3)ccn1. The van der Waals surface area contributed by atoms with Crippen LogP contribution >= 0.6 is 0 Å². The highest BCUT2D eigenvalue weighted by Crippen LogP contribution is 2.31. The van der Waals surface area contributed by atoms with Crippen molar-refractivity contribution in [1.82, 2.24) is 15.2 Å². The lowest BCUT2D eigenvalue weighted by Gasteiger charge is -2.37. The summed E-state index contributed by atoms with van der Waals surface area (Å²) < 4.78 is 15.9. The summed E-state index contributed by atoms with van der Waals surface area (Å²) >= 11 is 0. The average Bonchev–Trinajstić information content (AvgIpc) is 3.08. The summed E-state index contributed by atoms with van der Waals surface area (Å²) in [5, 5.41) is 2.55. The second-order valence-corrected chi connectivity index (χ2v) is 5.78. The minimum absolute atomic E-state index is 0.0513. The van der Waals surface area contributed by atoms with Crippen LogP contribution in [0.25, 0.3) is 0 Å². The zero-order chi connectivity index (χ0) is 17.0. The molecule has 24 heavy (non-hydrogen) atoms. The smallest absolute Gasteiger partial charge is 0.407 e. The molecule has 2 saturated heterocycles. The molecule has 0 saturated carbocycles. The number of rotatable bonds is 3. The van der Waals surface area contributed by atoms with Gasteiger partial charge in [0.15, 0.2) is 5.79 Å². The van der Waals surface area contributed by atoms with Crippen molar-refractivity contribution in [3.8, 4) is 0 Å². The van der Waals surface area contributed by atoms with Crippen LogP contribution in [0.1, 0.15) is 28.9 Å². The standard InChI is InChI=1S/C16H21N3O5/c1-22-15(21)18-11-13-10-12(2-5-17-13)14(20)19-6-3-16(4-7-19)23-8-9-24-16/h2,5,10H,3-4,6-9,11H2,1H3,(H,18,21). The summed E-state index contributed by atoms with van der Waals surface area (Å²) in [7, 11) is 1.30. The van der Waals surface area contributed by atoms with E-state index in [1.54, 1.807) is 23.2 Å². The first-order valence-electron chi connectivity index (χ1n) is 7.96. The Morgan fingerprint density at radius 3 is 2.71 bits per heavy atom. The maximum Gasteiger partial charge on any atom is 0.407 e. The van der Waals surface area contributed by atoms with Gasteiger partial charge >= 0.3 is 6.09 Å². The molecular formula is C16H21N3O5. The monoisotopic (exact) mass is 335 g/mol. The third-order valence-electron chi connectivity index (χ3n) is 4.29. The maximum atomic E-state index is 12.7. The fourth-order valence-electron chi connectivity index (χ4n) is 2.96. The van der Waals surface area contributed by atoms with E-state index in [0.717, 1.165) is 0 Å². The molecule has 130 valence electrons. The number of carbonyl (C=O) groups is 2. The van der Waals surface area contributed by atoms with Gasteiger partial charge in [-0.05, 0) is 12.1 Å². The molecule has 2 fully saturated rings. The number of likely N-dealkylation sites (tertiary alicyclic amines) is 1. The lowest BCUT2D eigenvalue weighted by molar-refractivity contribution is -0.181. The number of hydrogen-bond donors (Lipinski definition) is 1. The highest BCUT2D eigenvalue weighted by Gasteiger charge is 2.40. The molecule has 0 aromatic carbocycles. The van der Waals surface area contributed by atoms with Gasteiger partial charge in [-0.3, -0.25) is 9.78 Å². The molecule has 1 aromatic heterocycles. The largest absolute Gasteiger partial charge is 0.453 e. The third-order valence-corrected chi connectivity index (χ3v) is 4.29. The molecular weight excluding hydrogens is 314 g/mol. The lowest BCUT2D eigenvalue weighted by atomic mass is 10.0. The number of hydrogen-bond acceptors (Lipinski definition) is 6. The number of nitrogens with one attached hydrogen (secondary N) is 1. The number of ether oxygens (including phenoxy) is 3. The Bertz CT molecular complexity index is 605. The molecule has 2 aliphatic rings. The summed E-state index contributed by atoms with van der Waals surface area (Å²) in [6.07, 6.45) is 2.39. The summed E-state index contributed by atoms with van der Waals surface area (Å²) in [5.74, 6) is -0.547. The van der Waals surface area contributed by atoms with E-state index in [1.165, 1.54) is 7.11 Å². The Morgan fingerprint density at radius 1 is 1.33 bits per heavy atom. The molecule has 1 aromatic rings. The van der Waals surface area contributed by atoms with Crippen molar-refractivity contribution in [1.29, 1.82) is 0 Å². The molecule has 2 aliphatic heterocycles. The van der Waals surface area contributed by atoms with Crippen LogP contribution in [0.3, 0.4) is 0 Å². The van der Waals surface area contributed by atoms with Crippen molar-refractivity contribution in [2.24, 2.45) is 0 Å². The van der Waals surface area contributed by atoms with Crippen molar-refractivity contribution in [3.63, 3.8) is 0 Å². The van der Waals surface area contributed by atoms with Gasteiger partial charge < -0.3 is 24.4 Å². The predicted octanol–water partition coefficient (Wildman–Crippen LogP) is 0.917. The van der Waals surface area contributed by atoms with Crippen LogP contribution in [0, 0.1) is 0 Å². The number of nitrogens with zero attached hydrogens (tertiary/aromatic N) is 2. The molecule has 2 amide bonds. The third kappa shape index (κ3) is 3.65. The maximum absolute atomic E-state index is 12.7. The van der Waals surface area contributed by atoms with Crippen LogP contribution in [-0.2, 0) is 20.8 Å². The van der Waals surface area contributed by atoms with E-state index in [4.69, 9.17) is 9.47 Å². The van der Waals surface area contributed by atoms with Crippen LogP contribution in [-0.4, -0.2) is 61.1 Å². The topological polar surface area (TPSA) is 90.0 Å². The fourth-order valence-corrected chi connectivity index (χ4v) is 2.96. The van der Waals surface area contributed by atoms with Crippen molar-refractivity contribution in [3.05, 3.63) is 29.6 Å². The summed E-state index contributed by atoms with van der Waals surface area (Å²) in [6.45, 7) is 2.64. The van der Waals surface area contributed by atoms with Gasteiger partial charge in [-0.1, -0.05) is 0 Å². The Kier molecular flexibility index (Phi) is 4.96. The Morgan fingerprint density at radius 2 is 2.04 bits per heavy atom. The van der Waals surface area contributed by atoms with E-state index in [0.29, 0.717) is 50.4 Å². The van der Waals surface area contributed by atoms with Crippen molar-refractivity contribution < 1.29 is 23.8 Å². The Hall–Kier alpha value is -2.19. The van der Waals surface area contributed by atoms with Gasteiger partial charge in [-0.15, -0.1) is 0 Å². The zero-order valence-corrected chi connectivity index (χ0v) is 13.6. The normalized spacial score (nSPS) is 19.3. The van der Waals surface area contributed by atoms with Crippen molar-refractivity contribution in [2.45, 2.75) is 25.2 Å². The highest BCUT2D eigenvalue weighted by molar-refractivity contribution is 5.94. The molecule has 1 spiro atoms. The summed E-state index contributed by atoms with van der Waals surface area (Å²) in [6, 6.07) is 3.36. The van der Waals surface area contributed by atoms with Gasteiger partial charge in [-0.25, -0.2) is 4.79 Å². The predicted molar refractivity (Wildman–Crippen MR) is 83.3 cm³/mol. The number of carbonyl (C=O) groups excluding carboxylic acids is 2. The van der Waals surface area contributed by atoms with E-state index >= 15 is 0 Å². The van der Waals surface area contributed by atoms with Gasteiger partial charge in [0.1, 0.15) is 0 Å². The van der Waals surface area contributed by atoms with E-state index in [9.17, 15) is 9.59 Å². The van der Waals surface area contributed by atoms with E-state index in [2.05, 4.69) is 15.0 Å². The van der Waals surface area contributed by atoms with Crippen molar-refractivity contribution in [2.75, 3.05) is 33.4 Å². The fraction of sp³-hybridized carbons (Fsp3) is 0.562. The number of aromatic nitrogens is 1. The molecule has 1 N–H and O–H groups in total. The Labute approximate surface area is 140 Å². The molecule has 0 bridgehead atoms. The first-order valence-corrected chi connectivity index (χ1v) is 7.96. The van der Waals surface area contributed by atoms with Gasteiger partial charge in [0.2, 0.25) is 0 Å². The first-order chi connectivity index (χ1) is 11.6. The van der Waals surface area contributed by atoms with E-state index < -0.39 is 11.9 Å². The second-order valence-electron chi connectivity index (χ2n) is 5.78. The van der Waals surface area contributed by atoms with Gasteiger partial charge in [0.05, 0.1) is 32.6 Å². The van der Waals surface area contributed by atoms with Crippen LogP contribution in [0.15, 0.2) is 18.3 Å². The number of piperidine rings is 1.